The van der Waals surface area contributed by atoms with Crippen LogP contribution in [0, 0.1) is 14.0 Å². The third-order valence-corrected chi connectivity index (χ3v) is 5.63. The molecule has 0 aliphatic carbocycles. The van der Waals surface area contributed by atoms with Crippen molar-refractivity contribution >= 4 is 0 Å². The van der Waals surface area contributed by atoms with E-state index in [1.165, 1.54) is 30.4 Å². The van der Waals surface area contributed by atoms with Gasteiger partial charge < -0.3 is 14.1 Å². The van der Waals surface area contributed by atoms with Crippen molar-refractivity contribution in [1.82, 2.24) is 15.0 Å². The van der Waals surface area contributed by atoms with E-state index in [4.69, 9.17) is 5.11 Å². The minimum absolute atomic E-state index is 0. The maximum Gasteiger partial charge on any atom is 1.00 e. The Morgan fingerprint density at radius 2 is 1.41 bits per heavy atom. The summed E-state index contributed by atoms with van der Waals surface area (Å²) in [6, 6.07) is 21.2. The number of aryl methyl sites for hydroxylation is 3. The monoisotopic (exact) mass is 610 g/mol. The van der Waals surface area contributed by atoms with Crippen LogP contribution in [0.5, 0.6) is 5.75 Å². The number of rotatable bonds is 4. The van der Waals surface area contributed by atoms with E-state index in [-0.39, 0.29) is 31.0 Å². The van der Waals surface area contributed by atoms with Gasteiger partial charge in [-0.3, -0.25) is 19.7 Å². The number of nitrogens with zero attached hydrogens (tertiary/aromatic N) is 4. The summed E-state index contributed by atoms with van der Waals surface area (Å²) in [7, 11) is 3.87. The molecule has 0 aliphatic heterocycles. The molecule has 39 heavy (non-hydrogen) atoms. The average molecular weight is 610 g/mol. The fourth-order valence-corrected chi connectivity index (χ4v) is 3.40. The molecular formula is C31H32N4O3Ru+. The van der Waals surface area contributed by atoms with Gasteiger partial charge in [0.15, 0.2) is 0 Å². The van der Waals surface area contributed by atoms with E-state index in [9.17, 15) is 4.79 Å². The van der Waals surface area contributed by atoms with Gasteiger partial charge in [0.1, 0.15) is 11.5 Å². The summed E-state index contributed by atoms with van der Waals surface area (Å²) in [4.78, 5) is 23.5. The molecule has 5 aromatic rings. The maximum atomic E-state index is 10.5. The van der Waals surface area contributed by atoms with Crippen molar-refractivity contribution in [3.63, 3.8) is 0 Å². The van der Waals surface area contributed by atoms with Crippen molar-refractivity contribution in [2.24, 2.45) is 0 Å². The van der Waals surface area contributed by atoms with Crippen LogP contribution in [-0.2, 0) is 32.3 Å². The van der Waals surface area contributed by atoms with E-state index in [1.54, 1.807) is 6.20 Å². The largest absolute Gasteiger partial charge is 1.00 e. The zero-order valence-electron chi connectivity index (χ0n) is 22.3. The molecule has 1 radical (unpaired) electrons. The molecule has 7 nitrogen and oxygen atoms in total. The topological polar surface area (TPSA) is 93.0 Å². The Balaban J connectivity index is 0.000000210. The number of aromatic nitrogens is 4. The van der Waals surface area contributed by atoms with Gasteiger partial charge in [0.2, 0.25) is 11.2 Å². The number of pyridine rings is 4. The van der Waals surface area contributed by atoms with Gasteiger partial charge in [-0.25, -0.2) is 0 Å². The molecule has 8 heteroatoms. The Hall–Kier alpha value is -4.16. The minimum atomic E-state index is -0.404. The summed E-state index contributed by atoms with van der Waals surface area (Å²) in [6.45, 7) is 5.82. The van der Waals surface area contributed by atoms with Crippen molar-refractivity contribution in [3.8, 4) is 28.5 Å². The molecule has 0 fully saturated rings. The second-order valence-corrected chi connectivity index (χ2v) is 8.27. The van der Waals surface area contributed by atoms with Gasteiger partial charge >= 0.3 is 19.5 Å². The van der Waals surface area contributed by atoms with E-state index in [1.807, 2.05) is 71.7 Å². The predicted molar refractivity (Wildman–Crippen MR) is 148 cm³/mol. The number of hydrogen-bond acceptors (Lipinski definition) is 6. The Labute approximate surface area is 242 Å². The van der Waals surface area contributed by atoms with Gasteiger partial charge in [-0.15, -0.1) is 0 Å². The normalized spacial score (nSPS) is 9.72. The summed E-state index contributed by atoms with van der Waals surface area (Å²) < 4.78 is 6.50. The van der Waals surface area contributed by atoms with Crippen LogP contribution in [0.3, 0.4) is 0 Å². The van der Waals surface area contributed by atoms with Gasteiger partial charge in [0.25, 0.3) is 0 Å². The van der Waals surface area contributed by atoms with Crippen molar-refractivity contribution < 1.29 is 33.6 Å². The van der Waals surface area contributed by atoms with Gasteiger partial charge in [0.05, 0.1) is 29.5 Å². The summed E-state index contributed by atoms with van der Waals surface area (Å²) in [6.07, 6.45) is 10.7. The van der Waals surface area contributed by atoms with Crippen molar-refractivity contribution in [1.29, 1.82) is 0 Å². The summed E-state index contributed by atoms with van der Waals surface area (Å²) in [5, 5.41) is 8.80. The van der Waals surface area contributed by atoms with E-state index in [2.05, 4.69) is 52.4 Å². The molecular weight excluding hydrogens is 577 g/mol. The van der Waals surface area contributed by atoms with Crippen LogP contribution < -0.4 is 10.00 Å². The van der Waals surface area contributed by atoms with E-state index >= 15 is 0 Å². The van der Waals surface area contributed by atoms with Crippen LogP contribution in [-0.4, -0.2) is 20.1 Å². The molecule has 0 unspecified atom stereocenters. The van der Waals surface area contributed by atoms with Crippen molar-refractivity contribution in [2.75, 3.05) is 0 Å². The van der Waals surface area contributed by atoms with Crippen LogP contribution in [0.15, 0.2) is 107 Å². The third-order valence-electron chi connectivity index (χ3n) is 5.63. The number of hydrogen-bond donors (Lipinski definition) is 1. The summed E-state index contributed by atoms with van der Waals surface area (Å²) >= 11 is 0. The quantitative estimate of drug-likeness (QED) is 0.162. The smallest absolute Gasteiger partial charge is 0.502 e. The van der Waals surface area contributed by atoms with E-state index < -0.39 is 5.43 Å². The van der Waals surface area contributed by atoms with Crippen molar-refractivity contribution in [2.45, 2.75) is 33.6 Å². The molecule has 0 bridgehead atoms. The van der Waals surface area contributed by atoms with Gasteiger partial charge in [-0.1, -0.05) is 32.0 Å². The first-order valence-electron chi connectivity index (χ1n) is 12.3. The fraction of sp³-hybridized carbons (Fsp3) is 0.161. The molecule has 0 saturated carbocycles. The Morgan fingerprint density at radius 1 is 0.821 bits per heavy atom. The second-order valence-electron chi connectivity index (χ2n) is 8.27. The van der Waals surface area contributed by atoms with Gasteiger partial charge in [-0.05, 0) is 73.4 Å². The molecule has 1 N–H and O–H groups in total. The first-order valence-corrected chi connectivity index (χ1v) is 12.3. The molecule has 5 heterocycles. The van der Waals surface area contributed by atoms with E-state index in [0.29, 0.717) is 0 Å². The first-order chi connectivity index (χ1) is 18.4. The van der Waals surface area contributed by atoms with Crippen molar-refractivity contribution in [3.05, 3.63) is 132 Å². The molecule has 0 aromatic carbocycles. The Morgan fingerprint density at radius 3 is 1.90 bits per heavy atom. The molecule has 0 atom stereocenters. The van der Waals surface area contributed by atoms with Crippen LogP contribution in [0.25, 0.3) is 22.8 Å². The van der Waals surface area contributed by atoms with Gasteiger partial charge in [-0.2, -0.15) is 0 Å². The summed E-state index contributed by atoms with van der Waals surface area (Å²) in [5.41, 5.74) is 6.09. The Bertz CT molecular complexity index is 1460. The molecule has 201 valence electrons. The molecule has 5 aromatic heterocycles. The second kappa shape index (κ2) is 15.9. The minimum Gasteiger partial charge on any atom is -0.502 e. The zero-order chi connectivity index (χ0) is 27.3. The fourth-order valence-electron chi connectivity index (χ4n) is 3.40. The maximum absolute atomic E-state index is 10.5. The van der Waals surface area contributed by atoms with E-state index in [0.717, 1.165) is 35.6 Å². The summed E-state index contributed by atoms with van der Waals surface area (Å²) in [5.74, 6) is -0.0556. The Kier molecular flexibility index (Phi) is 12.7. The standard InChI is InChI=1S/C14H16N2.C11H10N2.C6H6O3.Ru/c1-3-11-5-7-15-13(9-11)14-10-12(4-2)6-8-16-14;1-13-9-5-3-7-11(13)10-6-2-4-8-12-10;1-4-6(8)5(7)2-3-9-4;/h5-10H,3-4H2,1-2H3;2-9H,1H2;2-3,8H,1H3;/q;;;+1. The number of aromatic hydroxyl groups is 1. The zero-order valence-corrected chi connectivity index (χ0v) is 24.0. The molecule has 0 aliphatic rings. The third kappa shape index (κ3) is 9.27. The van der Waals surface area contributed by atoms with Crippen LogP contribution in [0.1, 0.15) is 30.7 Å². The van der Waals surface area contributed by atoms with Gasteiger partial charge in [0, 0.05) is 31.7 Å². The van der Waals surface area contributed by atoms with Crippen LogP contribution in [0.2, 0.25) is 0 Å². The van der Waals surface area contributed by atoms with Crippen LogP contribution in [0.4, 0.5) is 0 Å². The SMILES string of the molecule is CCc1ccnc(-c2cc(CC)ccn2)c1.Cc1occc(=O)c1O.[CH2-][n+]1ccccc1-c1ccccn1.[Ru+]. The molecule has 0 spiro atoms. The predicted octanol–water partition coefficient (Wildman–Crippen LogP) is 5.60. The average Bonchev–Trinajstić information content (AvgIpc) is 2.97. The first kappa shape index (κ1) is 31.1. The molecule has 0 amide bonds. The molecule has 5 rings (SSSR count). The van der Waals surface area contributed by atoms with Crippen LogP contribution >= 0.6 is 0 Å². The molecule has 0 saturated heterocycles.